The van der Waals surface area contributed by atoms with Gasteiger partial charge in [-0.05, 0) is 58.6 Å². The van der Waals surface area contributed by atoms with Gasteiger partial charge < -0.3 is 0 Å². The maximum Gasteiger partial charge on any atom is 0.0694 e. The molecule has 3 heterocycles. The molecule has 21 heavy (non-hydrogen) atoms. The molecule has 0 atom stereocenters. The van der Waals surface area contributed by atoms with Crippen molar-refractivity contribution in [3.05, 3.63) is 56.5 Å². The maximum absolute atomic E-state index is 4.69. The van der Waals surface area contributed by atoms with E-state index in [0.29, 0.717) is 0 Å². The van der Waals surface area contributed by atoms with Crippen LogP contribution < -0.4 is 0 Å². The Kier molecular flexibility index (Phi) is 7.60. The Morgan fingerprint density at radius 2 is 2.14 bits per heavy atom. The van der Waals surface area contributed by atoms with E-state index in [0.717, 1.165) is 35.1 Å². The molecule has 0 radical (unpaired) electrons. The van der Waals surface area contributed by atoms with Crippen molar-refractivity contribution >= 4 is 63.9 Å². The first-order chi connectivity index (χ1) is 9.33. The second kappa shape index (κ2) is 8.69. The first-order valence-electron chi connectivity index (χ1n) is 6.23. The second-order valence-electron chi connectivity index (χ2n) is 4.41. The lowest BCUT2D eigenvalue weighted by Gasteiger charge is -2.15. The van der Waals surface area contributed by atoms with E-state index in [1.54, 1.807) is 17.5 Å². The summed E-state index contributed by atoms with van der Waals surface area (Å²) in [5, 5.41) is 2.11. The van der Waals surface area contributed by atoms with E-state index in [2.05, 4.69) is 49.5 Å². The van der Waals surface area contributed by atoms with E-state index in [4.69, 9.17) is 0 Å². The number of thiophene rings is 1. The molecule has 112 valence electrons. The first kappa shape index (κ1) is 18.4. The highest BCUT2D eigenvalue weighted by Gasteiger charge is 2.14. The van der Waals surface area contributed by atoms with Gasteiger partial charge in [-0.25, -0.2) is 0 Å². The Hall–Kier alpha value is -0.680. The zero-order valence-electron chi connectivity index (χ0n) is 11.2. The third-order valence-corrected chi connectivity index (χ3v) is 4.66. The van der Waals surface area contributed by atoms with Crippen LogP contribution in [0.3, 0.4) is 0 Å². The number of hydrogen-bond acceptors (Lipinski definition) is 3. The van der Waals surface area contributed by atoms with Crippen LogP contribution in [0.4, 0.5) is 0 Å². The number of aliphatic imine (C=N–C) groups is 1. The number of nitrogens with zero attached hydrogens (tertiary/aromatic N) is 2. The minimum absolute atomic E-state index is 0. The van der Waals surface area contributed by atoms with E-state index in [1.807, 2.05) is 12.3 Å². The SMILES string of the molecule is Brc1csc(/C=C2\CCCN=C2c2cccnc2)c1.Cl.Cl. The number of pyridine rings is 1. The van der Waals surface area contributed by atoms with Gasteiger partial charge in [0.25, 0.3) is 0 Å². The van der Waals surface area contributed by atoms with Gasteiger partial charge >= 0.3 is 0 Å². The van der Waals surface area contributed by atoms with Gasteiger partial charge in [0, 0.05) is 39.2 Å². The summed E-state index contributed by atoms with van der Waals surface area (Å²) in [6, 6.07) is 6.19. The Balaban J connectivity index is 0.00000110. The van der Waals surface area contributed by atoms with Crippen LogP contribution in [0.15, 0.2) is 51.0 Å². The molecule has 0 N–H and O–H groups in total. The van der Waals surface area contributed by atoms with Crippen LogP contribution in [0.1, 0.15) is 23.3 Å². The van der Waals surface area contributed by atoms with Crippen LogP contribution in [0, 0.1) is 0 Å². The fourth-order valence-electron chi connectivity index (χ4n) is 2.18. The summed E-state index contributed by atoms with van der Waals surface area (Å²) < 4.78 is 1.14. The van der Waals surface area contributed by atoms with Gasteiger partial charge in [-0.3, -0.25) is 9.98 Å². The third kappa shape index (κ3) is 4.65. The molecule has 2 aromatic heterocycles. The van der Waals surface area contributed by atoms with Crippen LogP contribution in [-0.2, 0) is 0 Å². The van der Waals surface area contributed by atoms with Gasteiger partial charge in [-0.15, -0.1) is 36.2 Å². The molecule has 0 fully saturated rings. The molecule has 1 aliphatic heterocycles. The van der Waals surface area contributed by atoms with Gasteiger partial charge in [0.1, 0.15) is 0 Å². The fourth-order valence-corrected chi connectivity index (χ4v) is 3.58. The molecule has 1 aliphatic rings. The molecule has 0 aromatic carbocycles. The fraction of sp³-hybridized carbons (Fsp3) is 0.200. The van der Waals surface area contributed by atoms with E-state index in [9.17, 15) is 0 Å². The van der Waals surface area contributed by atoms with Crippen molar-refractivity contribution in [2.75, 3.05) is 6.54 Å². The maximum atomic E-state index is 4.69. The molecule has 0 unspecified atom stereocenters. The molecule has 2 aromatic rings. The van der Waals surface area contributed by atoms with Gasteiger partial charge in [-0.1, -0.05) is 0 Å². The van der Waals surface area contributed by atoms with Crippen LogP contribution in [-0.4, -0.2) is 17.2 Å². The number of allylic oxidation sites excluding steroid dienone is 1. The van der Waals surface area contributed by atoms with Crippen LogP contribution in [0.2, 0.25) is 0 Å². The summed E-state index contributed by atoms with van der Waals surface area (Å²) in [6.45, 7) is 0.912. The number of aromatic nitrogens is 1. The van der Waals surface area contributed by atoms with Crippen LogP contribution >= 0.6 is 52.1 Å². The predicted octanol–water partition coefficient (Wildman–Crippen LogP) is 5.42. The zero-order valence-corrected chi connectivity index (χ0v) is 15.2. The molecule has 3 rings (SSSR count). The van der Waals surface area contributed by atoms with Gasteiger partial charge in [-0.2, -0.15) is 0 Å². The van der Waals surface area contributed by atoms with Gasteiger partial charge in [0.05, 0.1) is 5.71 Å². The van der Waals surface area contributed by atoms with Crippen LogP contribution in [0.5, 0.6) is 0 Å². The van der Waals surface area contributed by atoms with Crippen molar-refractivity contribution in [3.63, 3.8) is 0 Å². The summed E-state index contributed by atoms with van der Waals surface area (Å²) in [7, 11) is 0. The summed E-state index contributed by atoms with van der Waals surface area (Å²) in [6.07, 6.45) is 8.15. The minimum atomic E-state index is 0. The monoisotopic (exact) mass is 404 g/mol. The van der Waals surface area contributed by atoms with Crippen molar-refractivity contribution < 1.29 is 0 Å². The summed E-state index contributed by atoms with van der Waals surface area (Å²) in [5.74, 6) is 0. The van der Waals surface area contributed by atoms with E-state index in [1.165, 1.54) is 10.5 Å². The Bertz CT molecular complexity index is 638. The molecule has 0 spiro atoms. The van der Waals surface area contributed by atoms with Crippen LogP contribution in [0.25, 0.3) is 6.08 Å². The van der Waals surface area contributed by atoms with Crippen molar-refractivity contribution in [1.29, 1.82) is 0 Å². The largest absolute Gasteiger partial charge is 0.284 e. The summed E-state index contributed by atoms with van der Waals surface area (Å²) in [4.78, 5) is 10.1. The molecule has 0 aliphatic carbocycles. The smallest absolute Gasteiger partial charge is 0.0694 e. The Morgan fingerprint density at radius 1 is 1.29 bits per heavy atom. The average Bonchev–Trinajstić information content (AvgIpc) is 2.86. The highest BCUT2D eigenvalue weighted by atomic mass is 79.9. The second-order valence-corrected chi connectivity index (χ2v) is 6.27. The normalized spacial score (nSPS) is 15.9. The standard InChI is InChI=1S/C15H13BrN2S.2ClH/c16-13-8-14(19-10-13)7-11-3-2-6-18-15(11)12-4-1-5-17-9-12;;/h1,4-5,7-10H,2-3,6H2;2*1H/b11-7+;;. The molecular formula is C15H15BrCl2N2S. The molecular weight excluding hydrogens is 391 g/mol. The molecule has 6 heteroatoms. The lowest BCUT2D eigenvalue weighted by atomic mass is 9.96. The zero-order chi connectivity index (χ0) is 13.1. The molecule has 0 bridgehead atoms. The van der Waals surface area contributed by atoms with E-state index < -0.39 is 0 Å². The highest BCUT2D eigenvalue weighted by Crippen LogP contribution is 2.26. The van der Waals surface area contributed by atoms with Crippen molar-refractivity contribution in [1.82, 2.24) is 4.98 Å². The minimum Gasteiger partial charge on any atom is -0.284 e. The quantitative estimate of drug-likeness (QED) is 0.655. The first-order valence-corrected chi connectivity index (χ1v) is 7.90. The van der Waals surface area contributed by atoms with E-state index >= 15 is 0 Å². The Labute approximate surface area is 149 Å². The summed E-state index contributed by atoms with van der Waals surface area (Å²) >= 11 is 5.24. The predicted molar refractivity (Wildman–Crippen MR) is 99.4 cm³/mol. The summed E-state index contributed by atoms with van der Waals surface area (Å²) in [5.41, 5.74) is 3.53. The van der Waals surface area contributed by atoms with Crippen molar-refractivity contribution in [3.8, 4) is 0 Å². The molecule has 0 amide bonds. The number of hydrogen-bond donors (Lipinski definition) is 0. The lowest BCUT2D eigenvalue weighted by Crippen LogP contribution is -2.11. The Morgan fingerprint density at radius 3 is 2.81 bits per heavy atom. The van der Waals surface area contributed by atoms with Crippen molar-refractivity contribution in [2.24, 2.45) is 4.99 Å². The average molecular weight is 406 g/mol. The highest BCUT2D eigenvalue weighted by molar-refractivity contribution is 9.10. The van der Waals surface area contributed by atoms with E-state index in [-0.39, 0.29) is 24.8 Å². The number of rotatable bonds is 2. The third-order valence-electron chi connectivity index (χ3n) is 3.02. The number of halogens is 3. The molecule has 2 nitrogen and oxygen atoms in total. The van der Waals surface area contributed by atoms with Gasteiger partial charge in [0.15, 0.2) is 0 Å². The lowest BCUT2D eigenvalue weighted by molar-refractivity contribution is 0.818. The molecule has 0 saturated carbocycles. The van der Waals surface area contributed by atoms with Crippen molar-refractivity contribution in [2.45, 2.75) is 12.8 Å². The topological polar surface area (TPSA) is 25.2 Å². The molecule has 0 saturated heterocycles. The van der Waals surface area contributed by atoms with Gasteiger partial charge in [0.2, 0.25) is 0 Å².